The molecule has 2 aliphatic rings. The Balaban J connectivity index is 1.27. The molecule has 4 amide bonds. The van der Waals surface area contributed by atoms with Crippen LogP contribution in [0.15, 0.2) is 66.9 Å². The summed E-state index contributed by atoms with van der Waals surface area (Å²) >= 11 is 0. The molecular weight excluding hydrogens is 418 g/mol. The molecule has 3 aromatic rings. The fourth-order valence-electron chi connectivity index (χ4n) is 4.50. The predicted octanol–water partition coefficient (Wildman–Crippen LogP) is 2.35. The number of aromatic nitrogens is 1. The first-order valence-corrected chi connectivity index (χ1v) is 11.0. The Morgan fingerprint density at radius 3 is 2.42 bits per heavy atom. The SMILES string of the molecule is C[C@@]1(c2ccc3ccccc3c2)NC(=O)N(CC(=O)N2CCN(c3ccccn3)CC2)C1=O. The van der Waals surface area contributed by atoms with E-state index in [9.17, 15) is 14.4 Å². The second kappa shape index (κ2) is 8.20. The lowest BCUT2D eigenvalue weighted by molar-refractivity contribution is -0.139. The second-order valence-corrected chi connectivity index (χ2v) is 8.56. The Bertz CT molecular complexity index is 1220. The third-order valence-electron chi connectivity index (χ3n) is 6.50. The van der Waals surface area contributed by atoms with Gasteiger partial charge in [0.1, 0.15) is 17.9 Å². The van der Waals surface area contributed by atoms with Gasteiger partial charge >= 0.3 is 6.03 Å². The van der Waals surface area contributed by atoms with Crippen molar-refractivity contribution in [3.8, 4) is 0 Å². The van der Waals surface area contributed by atoms with Crippen molar-refractivity contribution in [3.63, 3.8) is 0 Å². The number of benzene rings is 2. The van der Waals surface area contributed by atoms with Crippen LogP contribution < -0.4 is 10.2 Å². The first-order chi connectivity index (χ1) is 16.0. The molecule has 2 fully saturated rings. The fraction of sp³-hybridized carbons (Fsp3) is 0.280. The number of imide groups is 1. The smallest absolute Gasteiger partial charge is 0.325 e. The number of carbonyl (C=O) groups excluding carboxylic acids is 3. The zero-order valence-electron chi connectivity index (χ0n) is 18.4. The molecule has 33 heavy (non-hydrogen) atoms. The maximum atomic E-state index is 13.3. The Morgan fingerprint density at radius 2 is 1.70 bits per heavy atom. The summed E-state index contributed by atoms with van der Waals surface area (Å²) in [6, 6.07) is 18.7. The summed E-state index contributed by atoms with van der Waals surface area (Å²) in [4.78, 5) is 48.1. The normalized spacial score (nSPS) is 20.9. The van der Waals surface area contributed by atoms with E-state index in [0.29, 0.717) is 31.7 Å². The first-order valence-electron chi connectivity index (χ1n) is 11.0. The number of hydrogen-bond donors (Lipinski definition) is 1. The van der Waals surface area contributed by atoms with Crippen LogP contribution >= 0.6 is 0 Å². The van der Waals surface area contributed by atoms with Gasteiger partial charge in [0.05, 0.1) is 0 Å². The fourth-order valence-corrected chi connectivity index (χ4v) is 4.50. The number of carbonyl (C=O) groups is 3. The molecule has 0 aliphatic carbocycles. The predicted molar refractivity (Wildman–Crippen MR) is 125 cm³/mol. The van der Waals surface area contributed by atoms with Crippen LogP contribution in [0.2, 0.25) is 0 Å². The summed E-state index contributed by atoms with van der Waals surface area (Å²) in [6.07, 6.45) is 1.75. The molecule has 2 aromatic carbocycles. The van der Waals surface area contributed by atoms with E-state index < -0.39 is 17.5 Å². The lowest BCUT2D eigenvalue weighted by Crippen LogP contribution is -2.52. The van der Waals surface area contributed by atoms with Crippen molar-refractivity contribution in [1.29, 1.82) is 0 Å². The topological polar surface area (TPSA) is 85.8 Å². The number of nitrogens with zero attached hydrogens (tertiary/aromatic N) is 4. The summed E-state index contributed by atoms with van der Waals surface area (Å²) in [6.45, 7) is 3.75. The van der Waals surface area contributed by atoms with Crippen LogP contribution in [0.25, 0.3) is 10.8 Å². The number of rotatable bonds is 4. The third-order valence-corrected chi connectivity index (χ3v) is 6.50. The van der Waals surface area contributed by atoms with Gasteiger partial charge in [-0.2, -0.15) is 0 Å². The van der Waals surface area contributed by atoms with Crippen molar-refractivity contribution in [3.05, 3.63) is 72.4 Å². The molecule has 5 rings (SSSR count). The van der Waals surface area contributed by atoms with E-state index in [0.717, 1.165) is 21.5 Å². The van der Waals surface area contributed by atoms with Gasteiger partial charge in [0, 0.05) is 32.4 Å². The van der Waals surface area contributed by atoms with Crippen LogP contribution in [0.4, 0.5) is 10.6 Å². The molecule has 168 valence electrons. The summed E-state index contributed by atoms with van der Waals surface area (Å²) in [5.41, 5.74) is -0.516. The van der Waals surface area contributed by atoms with E-state index in [4.69, 9.17) is 0 Å². The summed E-state index contributed by atoms with van der Waals surface area (Å²) in [7, 11) is 0. The number of urea groups is 1. The molecule has 8 nitrogen and oxygen atoms in total. The van der Waals surface area contributed by atoms with Crippen LogP contribution in [-0.4, -0.2) is 65.4 Å². The second-order valence-electron chi connectivity index (χ2n) is 8.56. The zero-order valence-corrected chi connectivity index (χ0v) is 18.4. The van der Waals surface area contributed by atoms with E-state index in [2.05, 4.69) is 15.2 Å². The highest BCUT2D eigenvalue weighted by Crippen LogP contribution is 2.31. The minimum atomic E-state index is -1.21. The van der Waals surface area contributed by atoms with Gasteiger partial charge in [0.2, 0.25) is 5.91 Å². The average molecular weight is 444 g/mol. The van der Waals surface area contributed by atoms with Crippen molar-refractivity contribution in [2.75, 3.05) is 37.6 Å². The van der Waals surface area contributed by atoms with Gasteiger partial charge in [-0.25, -0.2) is 9.78 Å². The quantitative estimate of drug-likeness (QED) is 0.626. The Morgan fingerprint density at radius 1 is 0.970 bits per heavy atom. The maximum Gasteiger partial charge on any atom is 0.325 e. The largest absolute Gasteiger partial charge is 0.353 e. The number of piperazine rings is 1. The third kappa shape index (κ3) is 3.77. The number of anilines is 1. The highest BCUT2D eigenvalue weighted by atomic mass is 16.2. The van der Waals surface area contributed by atoms with Gasteiger partial charge in [-0.1, -0.05) is 42.5 Å². The molecule has 1 aromatic heterocycles. The molecule has 0 bridgehead atoms. The molecule has 0 saturated carbocycles. The number of pyridine rings is 1. The lowest BCUT2D eigenvalue weighted by atomic mass is 9.90. The number of fused-ring (bicyclic) bond motifs is 1. The molecule has 0 unspecified atom stereocenters. The maximum absolute atomic E-state index is 13.3. The number of amides is 4. The molecule has 0 spiro atoms. The van der Waals surface area contributed by atoms with Crippen molar-refractivity contribution >= 4 is 34.4 Å². The van der Waals surface area contributed by atoms with Crippen molar-refractivity contribution in [2.24, 2.45) is 0 Å². The molecule has 2 saturated heterocycles. The number of hydrogen-bond acceptors (Lipinski definition) is 5. The Kier molecular flexibility index (Phi) is 5.20. The summed E-state index contributed by atoms with van der Waals surface area (Å²) < 4.78 is 0. The number of nitrogens with one attached hydrogen (secondary N) is 1. The molecule has 1 N–H and O–H groups in total. The summed E-state index contributed by atoms with van der Waals surface area (Å²) in [5, 5.41) is 4.84. The van der Waals surface area contributed by atoms with Crippen LogP contribution in [0.1, 0.15) is 12.5 Å². The van der Waals surface area contributed by atoms with E-state index in [1.165, 1.54) is 0 Å². The van der Waals surface area contributed by atoms with Crippen LogP contribution in [0, 0.1) is 0 Å². The van der Waals surface area contributed by atoms with E-state index in [1.54, 1.807) is 18.0 Å². The molecule has 3 heterocycles. The standard InChI is InChI=1S/C25H25N5O3/c1-25(20-10-9-18-6-2-3-7-19(18)16-20)23(32)30(24(33)27-25)17-22(31)29-14-12-28(13-15-29)21-8-4-5-11-26-21/h2-11,16H,12-15,17H2,1H3,(H,27,33)/t25-/m0/s1. The van der Waals surface area contributed by atoms with Crippen LogP contribution in [-0.2, 0) is 15.1 Å². The van der Waals surface area contributed by atoms with Crippen LogP contribution in [0.5, 0.6) is 0 Å². The minimum Gasteiger partial charge on any atom is -0.353 e. The van der Waals surface area contributed by atoms with Gasteiger partial charge < -0.3 is 15.1 Å². The van der Waals surface area contributed by atoms with E-state index in [1.807, 2.05) is 60.7 Å². The van der Waals surface area contributed by atoms with Crippen molar-refractivity contribution in [2.45, 2.75) is 12.5 Å². The van der Waals surface area contributed by atoms with Crippen LogP contribution in [0.3, 0.4) is 0 Å². The Labute approximate surface area is 191 Å². The lowest BCUT2D eigenvalue weighted by Gasteiger charge is -2.35. The van der Waals surface area contributed by atoms with E-state index >= 15 is 0 Å². The zero-order chi connectivity index (χ0) is 23.0. The van der Waals surface area contributed by atoms with Gasteiger partial charge in [-0.15, -0.1) is 0 Å². The van der Waals surface area contributed by atoms with Gasteiger partial charge in [-0.3, -0.25) is 14.5 Å². The highest BCUT2D eigenvalue weighted by molar-refractivity contribution is 6.09. The van der Waals surface area contributed by atoms with Crippen molar-refractivity contribution < 1.29 is 14.4 Å². The van der Waals surface area contributed by atoms with Gasteiger partial charge in [0.25, 0.3) is 5.91 Å². The van der Waals surface area contributed by atoms with Crippen molar-refractivity contribution in [1.82, 2.24) is 20.1 Å². The minimum absolute atomic E-state index is 0.234. The monoisotopic (exact) mass is 443 g/mol. The average Bonchev–Trinajstić information content (AvgIpc) is 3.08. The van der Waals surface area contributed by atoms with Gasteiger partial charge in [0.15, 0.2) is 0 Å². The Hall–Kier alpha value is -3.94. The van der Waals surface area contributed by atoms with E-state index in [-0.39, 0.29) is 12.5 Å². The molecule has 1 atom stereocenters. The molecule has 2 aliphatic heterocycles. The molecule has 8 heteroatoms. The highest BCUT2D eigenvalue weighted by Gasteiger charge is 2.49. The first kappa shape index (κ1) is 20.9. The molecule has 0 radical (unpaired) electrons. The van der Waals surface area contributed by atoms with Gasteiger partial charge in [-0.05, 0) is 41.5 Å². The molecular formula is C25H25N5O3. The summed E-state index contributed by atoms with van der Waals surface area (Å²) in [5.74, 6) is 0.232.